The molecule has 0 radical (unpaired) electrons. The van der Waals surface area contributed by atoms with E-state index >= 15 is 0 Å². The van der Waals surface area contributed by atoms with Crippen LogP contribution in [0.2, 0.25) is 0 Å². The SMILES string of the molecule is CC(C)CCC(C(=O)N/N=C/[C@@H]1C[C@H]2CC[C@H]1C2)C(=O)N/N=C/[C@@H]1C[C@H]2CC[C@H]1C2. The molecule has 30 heavy (non-hydrogen) atoms. The average Bonchev–Trinajstić information content (AvgIpc) is 3.49. The molecule has 4 aliphatic rings. The Morgan fingerprint density at radius 3 is 1.67 bits per heavy atom. The third-order valence-corrected chi connectivity index (χ3v) is 8.13. The molecule has 166 valence electrons. The van der Waals surface area contributed by atoms with Gasteiger partial charge in [-0.3, -0.25) is 9.59 Å². The van der Waals surface area contributed by atoms with Crippen molar-refractivity contribution in [1.82, 2.24) is 10.9 Å². The van der Waals surface area contributed by atoms with Crippen molar-refractivity contribution in [3.8, 4) is 0 Å². The number of amides is 2. The summed E-state index contributed by atoms with van der Waals surface area (Å²) in [5.41, 5.74) is 5.29. The number of hydrogen-bond donors (Lipinski definition) is 2. The second kappa shape index (κ2) is 9.61. The number of hydrazone groups is 2. The molecule has 0 spiro atoms. The van der Waals surface area contributed by atoms with E-state index in [0.29, 0.717) is 24.2 Å². The molecule has 4 rings (SSSR count). The summed E-state index contributed by atoms with van der Waals surface area (Å²) in [5.74, 6) is 3.18. The van der Waals surface area contributed by atoms with Gasteiger partial charge in [0, 0.05) is 12.4 Å². The van der Waals surface area contributed by atoms with Crippen LogP contribution in [0, 0.1) is 47.3 Å². The summed E-state index contributed by atoms with van der Waals surface area (Å²) in [7, 11) is 0. The summed E-state index contributed by atoms with van der Waals surface area (Å²) in [4.78, 5) is 25.4. The zero-order chi connectivity index (χ0) is 21.1. The first-order valence-corrected chi connectivity index (χ1v) is 12.2. The molecule has 2 N–H and O–H groups in total. The lowest BCUT2D eigenvalue weighted by Crippen LogP contribution is -2.38. The van der Waals surface area contributed by atoms with Gasteiger partial charge in [0.2, 0.25) is 0 Å². The normalized spacial score (nSPS) is 34.8. The molecule has 6 nitrogen and oxygen atoms in total. The van der Waals surface area contributed by atoms with Gasteiger partial charge < -0.3 is 0 Å². The maximum absolute atomic E-state index is 12.7. The van der Waals surface area contributed by atoms with Crippen LogP contribution in [-0.4, -0.2) is 24.2 Å². The molecule has 0 aliphatic heterocycles. The van der Waals surface area contributed by atoms with Crippen LogP contribution >= 0.6 is 0 Å². The number of nitrogens with zero attached hydrogens (tertiary/aromatic N) is 2. The van der Waals surface area contributed by atoms with Crippen molar-refractivity contribution in [2.45, 2.75) is 78.1 Å². The van der Waals surface area contributed by atoms with Crippen LogP contribution in [0.25, 0.3) is 0 Å². The molecule has 2 amide bonds. The lowest BCUT2D eigenvalue weighted by Gasteiger charge is -2.18. The highest BCUT2D eigenvalue weighted by Gasteiger charge is 2.39. The van der Waals surface area contributed by atoms with Gasteiger partial charge >= 0.3 is 0 Å². The average molecular weight is 415 g/mol. The van der Waals surface area contributed by atoms with Gasteiger partial charge in [0.05, 0.1) is 0 Å². The van der Waals surface area contributed by atoms with E-state index in [0.717, 1.165) is 30.1 Å². The highest BCUT2D eigenvalue weighted by Crippen LogP contribution is 2.48. The standard InChI is InChI=1S/C24H38N4O2/c1-15(2)3-8-22(23(29)27-25-13-20-11-16-4-6-18(20)9-16)24(30)28-26-14-21-12-17-5-7-19(21)10-17/h13-22H,3-12H2,1-2H3,(H,27,29)(H,28,30)/b25-13+,26-14+/t16-,17-,18-,19-,20-,21-/m0/s1. The molecule has 4 saturated carbocycles. The largest absolute Gasteiger partial charge is 0.272 e. The summed E-state index contributed by atoms with van der Waals surface area (Å²) in [6.07, 6.45) is 15.4. The highest BCUT2D eigenvalue weighted by atomic mass is 16.2. The molecule has 0 saturated heterocycles. The topological polar surface area (TPSA) is 82.9 Å². The predicted molar refractivity (Wildman–Crippen MR) is 119 cm³/mol. The Hall–Kier alpha value is -1.72. The first-order chi connectivity index (χ1) is 14.5. The monoisotopic (exact) mass is 414 g/mol. The van der Waals surface area contributed by atoms with Gasteiger partial charge in [-0.2, -0.15) is 10.2 Å². The molecule has 0 aromatic heterocycles. The van der Waals surface area contributed by atoms with E-state index in [1.165, 1.54) is 51.4 Å². The Morgan fingerprint density at radius 2 is 1.30 bits per heavy atom. The van der Waals surface area contributed by atoms with Gasteiger partial charge in [-0.1, -0.05) is 26.7 Å². The van der Waals surface area contributed by atoms with Crippen molar-refractivity contribution in [3.63, 3.8) is 0 Å². The molecule has 6 atom stereocenters. The molecule has 0 aromatic carbocycles. The molecule has 4 fully saturated rings. The van der Waals surface area contributed by atoms with Crippen LogP contribution in [-0.2, 0) is 9.59 Å². The Labute approximate surface area is 180 Å². The summed E-state index contributed by atoms with van der Waals surface area (Å²) in [6.45, 7) is 4.21. The van der Waals surface area contributed by atoms with Crippen LogP contribution in [0.3, 0.4) is 0 Å². The van der Waals surface area contributed by atoms with E-state index in [2.05, 4.69) is 34.9 Å². The predicted octanol–water partition coefficient (Wildman–Crippen LogP) is 4.12. The smallest absolute Gasteiger partial charge is 0.252 e. The minimum absolute atomic E-state index is 0.317. The third-order valence-electron chi connectivity index (χ3n) is 8.13. The first kappa shape index (κ1) is 21.5. The maximum Gasteiger partial charge on any atom is 0.252 e. The van der Waals surface area contributed by atoms with Gasteiger partial charge in [-0.15, -0.1) is 0 Å². The van der Waals surface area contributed by atoms with Gasteiger partial charge in [0.15, 0.2) is 0 Å². The third kappa shape index (κ3) is 5.12. The fraction of sp³-hybridized carbons (Fsp3) is 0.833. The summed E-state index contributed by atoms with van der Waals surface area (Å²) in [5, 5.41) is 8.46. The van der Waals surface area contributed by atoms with Crippen LogP contribution < -0.4 is 10.9 Å². The zero-order valence-corrected chi connectivity index (χ0v) is 18.6. The molecular weight excluding hydrogens is 376 g/mol. The Bertz CT molecular complexity index is 637. The minimum Gasteiger partial charge on any atom is -0.272 e. The van der Waals surface area contributed by atoms with E-state index < -0.39 is 5.92 Å². The lowest BCUT2D eigenvalue weighted by atomic mass is 9.90. The maximum atomic E-state index is 12.7. The van der Waals surface area contributed by atoms with Gasteiger partial charge in [0.25, 0.3) is 11.8 Å². The summed E-state index contributed by atoms with van der Waals surface area (Å²) >= 11 is 0. The van der Waals surface area contributed by atoms with Crippen molar-refractivity contribution in [2.24, 2.45) is 57.5 Å². The molecule has 4 aliphatic carbocycles. The van der Waals surface area contributed by atoms with Crippen molar-refractivity contribution in [1.29, 1.82) is 0 Å². The second-order valence-electron chi connectivity index (χ2n) is 10.7. The van der Waals surface area contributed by atoms with E-state index in [-0.39, 0.29) is 11.8 Å². The van der Waals surface area contributed by atoms with E-state index in [4.69, 9.17) is 0 Å². The number of hydrogen-bond acceptors (Lipinski definition) is 4. The number of carbonyl (C=O) groups is 2. The molecule has 0 unspecified atom stereocenters. The van der Waals surface area contributed by atoms with Crippen molar-refractivity contribution >= 4 is 24.2 Å². The lowest BCUT2D eigenvalue weighted by molar-refractivity contribution is -0.135. The highest BCUT2D eigenvalue weighted by molar-refractivity contribution is 6.00. The second-order valence-corrected chi connectivity index (χ2v) is 10.7. The fourth-order valence-electron chi connectivity index (χ4n) is 6.38. The fourth-order valence-corrected chi connectivity index (χ4v) is 6.38. The number of rotatable bonds is 9. The Balaban J connectivity index is 1.28. The van der Waals surface area contributed by atoms with Crippen molar-refractivity contribution in [2.75, 3.05) is 0 Å². The Kier molecular flexibility index (Phi) is 6.89. The molecule has 6 heteroatoms. The minimum atomic E-state index is -0.748. The zero-order valence-electron chi connectivity index (χ0n) is 18.6. The van der Waals surface area contributed by atoms with E-state index in [9.17, 15) is 9.59 Å². The summed E-state index contributed by atoms with van der Waals surface area (Å²) < 4.78 is 0. The van der Waals surface area contributed by atoms with Crippen molar-refractivity contribution < 1.29 is 9.59 Å². The van der Waals surface area contributed by atoms with Crippen LogP contribution in [0.4, 0.5) is 0 Å². The quantitative estimate of drug-likeness (QED) is 0.338. The summed E-state index contributed by atoms with van der Waals surface area (Å²) in [6, 6.07) is 0. The van der Waals surface area contributed by atoms with Crippen LogP contribution in [0.5, 0.6) is 0 Å². The molecule has 0 heterocycles. The number of carbonyl (C=O) groups excluding carboxylic acids is 2. The van der Waals surface area contributed by atoms with Crippen LogP contribution in [0.15, 0.2) is 10.2 Å². The molecule has 0 aromatic rings. The van der Waals surface area contributed by atoms with Gasteiger partial charge in [-0.05, 0) is 92.8 Å². The van der Waals surface area contributed by atoms with E-state index in [1.807, 2.05) is 12.4 Å². The van der Waals surface area contributed by atoms with Gasteiger partial charge in [0.1, 0.15) is 5.92 Å². The first-order valence-electron chi connectivity index (χ1n) is 12.2. The van der Waals surface area contributed by atoms with Crippen LogP contribution in [0.1, 0.15) is 78.1 Å². The Morgan fingerprint density at radius 1 is 0.800 bits per heavy atom. The van der Waals surface area contributed by atoms with E-state index in [1.54, 1.807) is 0 Å². The van der Waals surface area contributed by atoms with Crippen molar-refractivity contribution in [3.05, 3.63) is 0 Å². The van der Waals surface area contributed by atoms with Gasteiger partial charge in [-0.25, -0.2) is 10.9 Å². The molecule has 4 bridgehead atoms. The number of nitrogens with one attached hydrogen (secondary N) is 2. The molecular formula is C24H38N4O2. The number of fused-ring (bicyclic) bond motifs is 4.